The van der Waals surface area contributed by atoms with Crippen molar-refractivity contribution in [2.75, 3.05) is 55.9 Å². The van der Waals surface area contributed by atoms with E-state index in [2.05, 4.69) is 42.5 Å². The molecule has 0 unspecified atom stereocenters. The molecule has 0 atom stereocenters. The van der Waals surface area contributed by atoms with Crippen molar-refractivity contribution in [2.45, 2.75) is 6.92 Å². The van der Waals surface area contributed by atoms with Crippen LogP contribution < -0.4 is 20.3 Å². The lowest BCUT2D eigenvalue weighted by Crippen LogP contribution is -2.44. The van der Waals surface area contributed by atoms with Crippen molar-refractivity contribution in [3.05, 3.63) is 71.5 Å². The largest absolute Gasteiger partial charge is 0.497 e. The number of rotatable bonds is 7. The van der Waals surface area contributed by atoms with E-state index in [1.165, 1.54) is 0 Å². The molecule has 0 radical (unpaired) electrons. The molecule has 10 heteroatoms. The molecule has 5 rings (SSSR count). The third-order valence-electron chi connectivity index (χ3n) is 6.11. The van der Waals surface area contributed by atoms with E-state index in [1.807, 2.05) is 66.2 Å². The van der Waals surface area contributed by atoms with E-state index < -0.39 is 0 Å². The highest BCUT2D eigenvalue weighted by Gasteiger charge is 2.17. The second-order valence-electron chi connectivity index (χ2n) is 8.75. The summed E-state index contributed by atoms with van der Waals surface area (Å²) in [5, 5.41) is 11.9. The minimum atomic E-state index is 0.468. The molecule has 1 aliphatic rings. The van der Waals surface area contributed by atoms with Crippen LogP contribution in [0.1, 0.15) is 5.69 Å². The molecular formula is C26H29ClN8O. The topological polar surface area (TPSA) is 83.4 Å². The van der Waals surface area contributed by atoms with Gasteiger partial charge in [0.2, 0.25) is 5.95 Å². The predicted molar refractivity (Wildman–Crippen MR) is 145 cm³/mol. The van der Waals surface area contributed by atoms with Gasteiger partial charge in [-0.1, -0.05) is 11.6 Å². The second-order valence-corrected chi connectivity index (χ2v) is 9.16. The Kier molecular flexibility index (Phi) is 6.92. The van der Waals surface area contributed by atoms with Crippen LogP contribution in [-0.2, 0) is 0 Å². The summed E-state index contributed by atoms with van der Waals surface area (Å²) in [6.07, 6.45) is 1.71. The first-order valence-corrected chi connectivity index (χ1v) is 12.2. The maximum atomic E-state index is 6.63. The molecular weight excluding hydrogens is 476 g/mol. The molecule has 186 valence electrons. The van der Waals surface area contributed by atoms with Gasteiger partial charge in [-0.15, -0.1) is 0 Å². The van der Waals surface area contributed by atoms with E-state index in [9.17, 15) is 0 Å². The summed E-state index contributed by atoms with van der Waals surface area (Å²) in [7, 11) is 3.79. The Morgan fingerprint density at radius 1 is 0.944 bits per heavy atom. The first-order chi connectivity index (χ1) is 17.5. The zero-order valence-corrected chi connectivity index (χ0v) is 21.3. The van der Waals surface area contributed by atoms with E-state index >= 15 is 0 Å². The lowest BCUT2D eigenvalue weighted by atomic mass is 10.2. The molecule has 36 heavy (non-hydrogen) atoms. The van der Waals surface area contributed by atoms with E-state index in [-0.39, 0.29) is 0 Å². The van der Waals surface area contributed by atoms with Crippen LogP contribution in [0.3, 0.4) is 0 Å². The normalized spacial score (nSPS) is 14.1. The molecule has 0 saturated carbocycles. The number of nitrogens with one attached hydrogen (secondary N) is 2. The van der Waals surface area contributed by atoms with Crippen molar-refractivity contribution in [1.29, 1.82) is 0 Å². The highest BCUT2D eigenvalue weighted by atomic mass is 35.5. The van der Waals surface area contributed by atoms with Crippen LogP contribution in [0.5, 0.6) is 5.75 Å². The van der Waals surface area contributed by atoms with Crippen LogP contribution in [-0.4, -0.2) is 65.0 Å². The summed E-state index contributed by atoms with van der Waals surface area (Å²) in [5.41, 5.74) is 3.67. The van der Waals surface area contributed by atoms with Gasteiger partial charge in [0.15, 0.2) is 0 Å². The maximum Gasteiger partial charge on any atom is 0.229 e. The molecule has 9 nitrogen and oxygen atoms in total. The zero-order chi connectivity index (χ0) is 25.1. The van der Waals surface area contributed by atoms with Crippen molar-refractivity contribution < 1.29 is 4.74 Å². The van der Waals surface area contributed by atoms with Gasteiger partial charge in [0.05, 0.1) is 29.2 Å². The minimum Gasteiger partial charge on any atom is -0.497 e. The van der Waals surface area contributed by atoms with Gasteiger partial charge in [0.1, 0.15) is 17.4 Å². The molecule has 2 N–H and O–H groups in total. The molecule has 2 aromatic heterocycles. The number of aryl methyl sites for hydroxylation is 1. The summed E-state index contributed by atoms with van der Waals surface area (Å²) in [6, 6.07) is 17.5. The average molecular weight is 505 g/mol. The minimum absolute atomic E-state index is 0.468. The number of halogens is 1. The Hall–Kier alpha value is -3.82. The number of hydrogen-bond donors (Lipinski definition) is 2. The van der Waals surface area contributed by atoms with Gasteiger partial charge in [-0.2, -0.15) is 10.1 Å². The molecule has 0 amide bonds. The van der Waals surface area contributed by atoms with Crippen LogP contribution in [0.15, 0.2) is 60.8 Å². The van der Waals surface area contributed by atoms with E-state index in [1.54, 1.807) is 13.3 Å². The number of anilines is 5. The summed E-state index contributed by atoms with van der Waals surface area (Å²) >= 11 is 6.63. The standard InChI is InChI=1S/C26H29ClN8O/c1-18-16-25(35(32-18)20-5-7-21(36-3)8-6-20)30-24-10-11-28-26(31-24)29-19-4-9-23(22(27)17-19)34-14-12-33(2)13-15-34/h4-11,16-17H,12-15H2,1-3H3,(H2,28,29,30,31). The van der Waals surface area contributed by atoms with Crippen molar-refractivity contribution in [3.8, 4) is 11.4 Å². The van der Waals surface area contributed by atoms with Crippen LogP contribution in [0.2, 0.25) is 5.02 Å². The zero-order valence-electron chi connectivity index (χ0n) is 20.6. The van der Waals surface area contributed by atoms with E-state index in [0.29, 0.717) is 16.8 Å². The number of likely N-dealkylation sites (N-methyl/N-ethyl adjacent to an activating group) is 1. The van der Waals surface area contributed by atoms with Gasteiger partial charge < -0.3 is 25.2 Å². The molecule has 0 bridgehead atoms. The lowest BCUT2D eigenvalue weighted by molar-refractivity contribution is 0.313. The monoisotopic (exact) mass is 504 g/mol. The van der Waals surface area contributed by atoms with Crippen molar-refractivity contribution >= 4 is 40.6 Å². The van der Waals surface area contributed by atoms with Gasteiger partial charge in [0, 0.05) is 44.1 Å². The Morgan fingerprint density at radius 2 is 1.72 bits per heavy atom. The third kappa shape index (κ3) is 5.37. The van der Waals surface area contributed by atoms with Crippen LogP contribution in [0.25, 0.3) is 5.69 Å². The van der Waals surface area contributed by atoms with Gasteiger partial charge in [-0.05, 0) is 62.5 Å². The summed E-state index contributed by atoms with van der Waals surface area (Å²) in [6.45, 7) is 5.94. The highest BCUT2D eigenvalue weighted by molar-refractivity contribution is 6.33. The molecule has 0 aliphatic carbocycles. The lowest BCUT2D eigenvalue weighted by Gasteiger charge is -2.34. The SMILES string of the molecule is COc1ccc(-n2nc(C)cc2Nc2ccnc(Nc3ccc(N4CCN(C)CC4)c(Cl)c3)n2)cc1. The Labute approximate surface area is 215 Å². The number of ether oxygens (including phenoxy) is 1. The van der Waals surface area contributed by atoms with Crippen LogP contribution in [0.4, 0.5) is 29.0 Å². The summed E-state index contributed by atoms with van der Waals surface area (Å²) < 4.78 is 7.10. The Bertz CT molecular complexity index is 1330. The van der Waals surface area contributed by atoms with Gasteiger partial charge in [0.25, 0.3) is 0 Å². The molecule has 2 aromatic carbocycles. The average Bonchev–Trinajstić information content (AvgIpc) is 3.25. The first kappa shape index (κ1) is 23.9. The van der Waals surface area contributed by atoms with Crippen LogP contribution in [0, 0.1) is 6.92 Å². The molecule has 1 fully saturated rings. The quantitative estimate of drug-likeness (QED) is 0.369. The summed E-state index contributed by atoms with van der Waals surface area (Å²) in [5.74, 6) is 2.69. The van der Waals surface area contributed by atoms with E-state index in [4.69, 9.17) is 16.3 Å². The fraction of sp³-hybridized carbons (Fsp3) is 0.269. The number of nitrogens with zero attached hydrogens (tertiary/aromatic N) is 6. The summed E-state index contributed by atoms with van der Waals surface area (Å²) in [4.78, 5) is 13.6. The number of methoxy groups -OCH3 is 1. The number of aromatic nitrogens is 4. The third-order valence-corrected chi connectivity index (χ3v) is 6.41. The van der Waals surface area contributed by atoms with Gasteiger partial charge >= 0.3 is 0 Å². The molecule has 0 spiro atoms. The molecule has 3 heterocycles. The van der Waals surface area contributed by atoms with E-state index in [0.717, 1.165) is 60.5 Å². The fourth-order valence-corrected chi connectivity index (χ4v) is 4.45. The Morgan fingerprint density at radius 3 is 2.44 bits per heavy atom. The van der Waals surface area contributed by atoms with Gasteiger partial charge in [-0.3, -0.25) is 0 Å². The maximum absolute atomic E-state index is 6.63. The smallest absolute Gasteiger partial charge is 0.229 e. The highest BCUT2D eigenvalue weighted by Crippen LogP contribution is 2.30. The second kappa shape index (κ2) is 10.4. The molecule has 1 aliphatic heterocycles. The predicted octanol–water partition coefficient (Wildman–Crippen LogP) is 4.87. The Balaban J connectivity index is 1.31. The van der Waals surface area contributed by atoms with Crippen molar-refractivity contribution in [3.63, 3.8) is 0 Å². The number of benzene rings is 2. The fourth-order valence-electron chi connectivity index (χ4n) is 4.15. The molecule has 4 aromatic rings. The number of hydrogen-bond acceptors (Lipinski definition) is 8. The van der Waals surface area contributed by atoms with Crippen molar-refractivity contribution in [2.24, 2.45) is 0 Å². The molecule has 1 saturated heterocycles. The van der Waals surface area contributed by atoms with Crippen LogP contribution >= 0.6 is 11.6 Å². The van der Waals surface area contributed by atoms with Gasteiger partial charge in [-0.25, -0.2) is 9.67 Å². The van der Waals surface area contributed by atoms with Crippen molar-refractivity contribution in [1.82, 2.24) is 24.6 Å². The number of piperazine rings is 1. The first-order valence-electron chi connectivity index (χ1n) is 11.8.